The van der Waals surface area contributed by atoms with Gasteiger partial charge in [-0.05, 0) is 54.0 Å². The minimum Gasteiger partial charge on any atom is -0.364 e. The van der Waals surface area contributed by atoms with Gasteiger partial charge in [0.25, 0.3) is 0 Å². The van der Waals surface area contributed by atoms with Crippen molar-refractivity contribution in [2.24, 2.45) is 0 Å². The third-order valence-electron chi connectivity index (χ3n) is 2.51. The van der Waals surface area contributed by atoms with E-state index >= 15 is 0 Å². The van der Waals surface area contributed by atoms with Crippen LogP contribution in [0.4, 0.5) is 10.2 Å². The second-order valence-corrected chi connectivity index (χ2v) is 4.69. The Hall–Kier alpha value is -0.390. The van der Waals surface area contributed by atoms with Gasteiger partial charge in [0.05, 0.1) is 9.61 Å². The van der Waals surface area contributed by atoms with Gasteiger partial charge in [-0.1, -0.05) is 0 Å². The Bertz CT molecular complexity index is 319. The summed E-state index contributed by atoms with van der Waals surface area (Å²) in [7, 11) is 0. The van der Waals surface area contributed by atoms with Crippen molar-refractivity contribution < 1.29 is 4.39 Å². The summed E-state index contributed by atoms with van der Waals surface area (Å²) in [6.07, 6.45) is 3.58. The molecule has 14 heavy (non-hydrogen) atoms. The number of halogens is 2. The van der Waals surface area contributed by atoms with Crippen LogP contribution in [0.3, 0.4) is 0 Å². The van der Waals surface area contributed by atoms with Crippen molar-refractivity contribution in [2.45, 2.75) is 31.5 Å². The Morgan fingerprint density at radius 1 is 1.50 bits per heavy atom. The van der Waals surface area contributed by atoms with E-state index in [9.17, 15) is 4.39 Å². The Morgan fingerprint density at radius 3 is 3.00 bits per heavy atom. The van der Waals surface area contributed by atoms with Crippen molar-refractivity contribution in [2.75, 3.05) is 5.32 Å². The number of nitrogens with one attached hydrogen (secondary N) is 1. The third-order valence-corrected chi connectivity index (χ3v) is 3.38. The molecule has 0 spiro atoms. The largest absolute Gasteiger partial charge is 0.364 e. The van der Waals surface area contributed by atoms with Crippen LogP contribution in [0.2, 0.25) is 0 Å². The number of anilines is 1. The lowest BCUT2D eigenvalue weighted by molar-refractivity contribution is 0.323. The van der Waals surface area contributed by atoms with Crippen molar-refractivity contribution in [3.8, 4) is 0 Å². The van der Waals surface area contributed by atoms with Gasteiger partial charge in [0, 0.05) is 6.20 Å². The summed E-state index contributed by atoms with van der Waals surface area (Å²) >= 11 is 2.21. The molecule has 0 radical (unpaired) electrons. The van der Waals surface area contributed by atoms with E-state index in [-0.39, 0.29) is 6.04 Å². The average molecular weight is 306 g/mol. The van der Waals surface area contributed by atoms with Gasteiger partial charge in [0.15, 0.2) is 0 Å². The predicted octanol–water partition coefficient (Wildman–Crippen LogP) is 2.99. The average Bonchev–Trinajstić information content (AvgIpc) is 2.56. The molecule has 2 nitrogen and oxygen atoms in total. The maximum absolute atomic E-state index is 13.3. The van der Waals surface area contributed by atoms with Crippen LogP contribution >= 0.6 is 22.6 Å². The van der Waals surface area contributed by atoms with Crippen LogP contribution in [0.25, 0.3) is 0 Å². The molecular weight excluding hydrogens is 294 g/mol. The highest BCUT2D eigenvalue weighted by atomic mass is 127. The number of pyridine rings is 1. The summed E-state index contributed by atoms with van der Waals surface area (Å²) < 4.78 is 14.4. The Morgan fingerprint density at radius 2 is 2.36 bits per heavy atom. The van der Waals surface area contributed by atoms with Crippen LogP contribution in [0.1, 0.15) is 19.3 Å². The molecular formula is C10H12FIN2. The summed E-state index contributed by atoms with van der Waals surface area (Å²) in [6, 6.07) is 3.81. The van der Waals surface area contributed by atoms with Gasteiger partial charge in [0.2, 0.25) is 0 Å². The van der Waals surface area contributed by atoms with Gasteiger partial charge in [-0.3, -0.25) is 0 Å². The predicted molar refractivity (Wildman–Crippen MR) is 63.1 cm³/mol. The summed E-state index contributed by atoms with van der Waals surface area (Å²) in [5, 5.41) is 3.17. The second kappa shape index (κ2) is 4.42. The van der Waals surface area contributed by atoms with Crippen LogP contribution in [0, 0.1) is 3.57 Å². The van der Waals surface area contributed by atoms with Crippen molar-refractivity contribution in [1.82, 2.24) is 4.98 Å². The van der Waals surface area contributed by atoms with Crippen LogP contribution in [0.5, 0.6) is 0 Å². The van der Waals surface area contributed by atoms with E-state index in [0.717, 1.165) is 22.2 Å². The zero-order valence-electron chi connectivity index (χ0n) is 7.71. The maximum atomic E-state index is 13.3. The monoisotopic (exact) mass is 306 g/mol. The first kappa shape index (κ1) is 10.1. The molecule has 0 aromatic carbocycles. The van der Waals surface area contributed by atoms with Crippen LogP contribution in [-0.2, 0) is 0 Å². The first-order valence-corrected chi connectivity index (χ1v) is 5.86. The van der Waals surface area contributed by atoms with Gasteiger partial charge in [-0.2, -0.15) is 0 Å². The number of nitrogens with zero attached hydrogens (tertiary/aromatic N) is 1. The second-order valence-electron chi connectivity index (χ2n) is 3.53. The normalized spacial score (nSPS) is 26.4. The van der Waals surface area contributed by atoms with Gasteiger partial charge < -0.3 is 5.32 Å². The van der Waals surface area contributed by atoms with Gasteiger partial charge in [0.1, 0.15) is 12.0 Å². The highest BCUT2D eigenvalue weighted by molar-refractivity contribution is 14.1. The fraction of sp³-hybridized carbons (Fsp3) is 0.500. The fourth-order valence-corrected chi connectivity index (χ4v) is 2.25. The van der Waals surface area contributed by atoms with E-state index in [4.69, 9.17) is 0 Å². The van der Waals surface area contributed by atoms with Gasteiger partial charge in [-0.25, -0.2) is 9.37 Å². The van der Waals surface area contributed by atoms with Gasteiger partial charge >= 0.3 is 0 Å². The standard InChI is InChI=1S/C10H12FIN2/c11-7-3-1-5-9(7)14-10-8(12)4-2-6-13-10/h2,4,6-7,9H,1,3,5H2,(H,13,14)/t7-,9+/m0/s1. The van der Waals surface area contributed by atoms with Crippen molar-refractivity contribution in [1.29, 1.82) is 0 Å². The number of hydrogen-bond acceptors (Lipinski definition) is 2. The zero-order chi connectivity index (χ0) is 9.97. The molecule has 0 aliphatic heterocycles. The molecule has 2 atom stereocenters. The van der Waals surface area contributed by atoms with E-state index in [0.29, 0.717) is 6.42 Å². The van der Waals surface area contributed by atoms with Crippen molar-refractivity contribution >= 4 is 28.4 Å². The Kier molecular flexibility index (Phi) is 3.20. The summed E-state index contributed by atoms with van der Waals surface area (Å²) in [5.74, 6) is 0.808. The number of hydrogen-bond donors (Lipinski definition) is 1. The highest BCUT2D eigenvalue weighted by Gasteiger charge is 2.27. The topological polar surface area (TPSA) is 24.9 Å². The van der Waals surface area contributed by atoms with Crippen molar-refractivity contribution in [3.63, 3.8) is 0 Å². The van der Waals surface area contributed by atoms with E-state index < -0.39 is 6.17 Å². The molecule has 2 rings (SSSR count). The summed E-state index contributed by atoms with van der Waals surface area (Å²) in [6.45, 7) is 0. The minimum absolute atomic E-state index is 0.0431. The fourth-order valence-electron chi connectivity index (χ4n) is 1.74. The third kappa shape index (κ3) is 2.16. The molecule has 1 aliphatic carbocycles. The molecule has 1 heterocycles. The molecule has 1 aromatic rings. The Labute approximate surface area is 96.4 Å². The first-order chi connectivity index (χ1) is 6.77. The lowest BCUT2D eigenvalue weighted by Gasteiger charge is -2.16. The van der Waals surface area contributed by atoms with Gasteiger partial charge in [-0.15, -0.1) is 0 Å². The molecule has 0 amide bonds. The minimum atomic E-state index is -0.715. The molecule has 1 N–H and O–H groups in total. The number of rotatable bonds is 2. The van der Waals surface area contributed by atoms with Crippen LogP contribution in [-0.4, -0.2) is 17.2 Å². The van der Waals surface area contributed by atoms with Crippen LogP contribution < -0.4 is 5.32 Å². The molecule has 4 heteroatoms. The summed E-state index contributed by atoms with van der Waals surface area (Å²) in [5.41, 5.74) is 0. The smallest absolute Gasteiger partial charge is 0.139 e. The van der Waals surface area contributed by atoms with E-state index in [1.54, 1.807) is 6.20 Å². The zero-order valence-corrected chi connectivity index (χ0v) is 9.87. The molecule has 76 valence electrons. The van der Waals surface area contributed by atoms with Crippen LogP contribution in [0.15, 0.2) is 18.3 Å². The molecule has 1 aliphatic rings. The Balaban J connectivity index is 2.07. The maximum Gasteiger partial charge on any atom is 0.139 e. The van der Waals surface area contributed by atoms with E-state index in [1.807, 2.05) is 12.1 Å². The quantitative estimate of drug-likeness (QED) is 0.850. The molecule has 0 unspecified atom stereocenters. The SMILES string of the molecule is F[C@H]1CCC[C@H]1Nc1ncccc1I. The lowest BCUT2D eigenvalue weighted by Crippen LogP contribution is -2.25. The van der Waals surface area contributed by atoms with E-state index in [1.165, 1.54) is 0 Å². The van der Waals surface area contributed by atoms with Crippen molar-refractivity contribution in [3.05, 3.63) is 21.9 Å². The molecule has 1 aromatic heterocycles. The number of alkyl halides is 1. The lowest BCUT2D eigenvalue weighted by atomic mass is 10.2. The molecule has 0 saturated heterocycles. The number of aromatic nitrogens is 1. The first-order valence-electron chi connectivity index (χ1n) is 4.78. The molecule has 1 saturated carbocycles. The highest BCUT2D eigenvalue weighted by Crippen LogP contribution is 2.26. The summed E-state index contributed by atoms with van der Waals surface area (Å²) in [4.78, 5) is 4.19. The molecule has 1 fully saturated rings. The van der Waals surface area contributed by atoms with E-state index in [2.05, 4.69) is 32.9 Å². The molecule has 0 bridgehead atoms.